The van der Waals surface area contributed by atoms with Crippen LogP contribution in [0, 0.1) is 6.92 Å². The topological polar surface area (TPSA) is 87.3 Å². The maximum atomic E-state index is 13.6. The standard InChI is InChI=1S/C30H32N6O3/c1-5-39-27-15-21(16-31-24(27)18-38-4)20-8-9-23-22(14-20)29-26(17-32-23)34(3)30(37)36(29)25-10-11-28(33-19(25)2)35-12-6-7-13-35/h8-11,14-17H,5-7,12-13,18H2,1-4H3. The number of anilines is 1. The number of methoxy groups -OCH3 is 1. The Kier molecular flexibility index (Phi) is 6.52. The number of rotatable bonds is 7. The lowest BCUT2D eigenvalue weighted by molar-refractivity contribution is 0.176. The molecule has 0 atom stereocenters. The minimum atomic E-state index is -0.132. The van der Waals surface area contributed by atoms with Crippen LogP contribution < -0.4 is 15.3 Å². The van der Waals surface area contributed by atoms with E-state index >= 15 is 0 Å². The molecule has 0 bridgehead atoms. The van der Waals surface area contributed by atoms with Crippen LogP contribution in [0.15, 0.2) is 53.6 Å². The number of benzene rings is 1. The lowest BCUT2D eigenvalue weighted by atomic mass is 10.0. The van der Waals surface area contributed by atoms with Gasteiger partial charge in [0.15, 0.2) is 0 Å². The molecule has 0 spiro atoms. The Hall–Kier alpha value is -4.24. The fraction of sp³-hybridized carbons (Fsp3) is 0.333. The zero-order valence-corrected chi connectivity index (χ0v) is 22.8. The third-order valence-electron chi connectivity index (χ3n) is 7.44. The molecule has 0 aliphatic carbocycles. The predicted octanol–water partition coefficient (Wildman–Crippen LogP) is 4.79. The van der Waals surface area contributed by atoms with Crippen molar-refractivity contribution in [2.24, 2.45) is 7.05 Å². The molecule has 9 nitrogen and oxygen atoms in total. The van der Waals surface area contributed by atoms with Crippen molar-refractivity contribution in [3.63, 3.8) is 0 Å². The summed E-state index contributed by atoms with van der Waals surface area (Å²) in [6.45, 7) is 6.86. The summed E-state index contributed by atoms with van der Waals surface area (Å²) in [7, 11) is 3.43. The first-order valence-corrected chi connectivity index (χ1v) is 13.3. The number of aromatic nitrogens is 5. The first kappa shape index (κ1) is 25.1. The largest absolute Gasteiger partial charge is 0.492 e. The number of fused-ring (bicyclic) bond motifs is 3. The zero-order valence-electron chi connectivity index (χ0n) is 22.8. The highest BCUT2D eigenvalue weighted by Crippen LogP contribution is 2.32. The molecular weight excluding hydrogens is 492 g/mol. The molecule has 1 aliphatic rings. The van der Waals surface area contributed by atoms with E-state index < -0.39 is 0 Å². The van der Waals surface area contributed by atoms with Crippen LogP contribution in [-0.2, 0) is 18.4 Å². The second-order valence-corrected chi connectivity index (χ2v) is 9.90. The summed E-state index contributed by atoms with van der Waals surface area (Å²) in [5.74, 6) is 1.66. The summed E-state index contributed by atoms with van der Waals surface area (Å²) in [6, 6.07) is 12.1. The van der Waals surface area contributed by atoms with Crippen molar-refractivity contribution in [2.75, 3.05) is 31.7 Å². The van der Waals surface area contributed by atoms with Gasteiger partial charge in [-0.1, -0.05) is 6.07 Å². The van der Waals surface area contributed by atoms with Gasteiger partial charge in [0.05, 0.1) is 47.3 Å². The number of imidazole rings is 1. The molecule has 5 heterocycles. The molecule has 1 saturated heterocycles. The summed E-state index contributed by atoms with van der Waals surface area (Å²) < 4.78 is 14.6. The zero-order chi connectivity index (χ0) is 27.1. The van der Waals surface area contributed by atoms with Crippen molar-refractivity contribution in [3.05, 3.63) is 70.7 Å². The maximum Gasteiger partial charge on any atom is 0.333 e. The molecular formula is C30H32N6O3. The smallest absolute Gasteiger partial charge is 0.333 e. The fourth-order valence-corrected chi connectivity index (χ4v) is 5.46. The van der Waals surface area contributed by atoms with Crippen LogP contribution in [0.5, 0.6) is 5.75 Å². The summed E-state index contributed by atoms with van der Waals surface area (Å²) in [5.41, 5.74) is 6.45. The SMILES string of the molecule is CCOc1cc(-c2ccc3ncc4c(c3c2)n(-c2ccc(N3CCCC3)nc2C)c(=O)n4C)cnc1COC. The second kappa shape index (κ2) is 10.1. The van der Waals surface area contributed by atoms with Crippen molar-refractivity contribution in [3.8, 4) is 22.6 Å². The van der Waals surface area contributed by atoms with E-state index in [1.807, 2.05) is 50.4 Å². The van der Waals surface area contributed by atoms with Gasteiger partial charge in [-0.25, -0.2) is 9.78 Å². The van der Waals surface area contributed by atoms with Gasteiger partial charge in [0.2, 0.25) is 0 Å². The fourth-order valence-electron chi connectivity index (χ4n) is 5.46. The van der Waals surface area contributed by atoms with Crippen molar-refractivity contribution >= 4 is 27.8 Å². The Bertz CT molecular complexity index is 1750. The summed E-state index contributed by atoms with van der Waals surface area (Å²) in [5, 5.41) is 0.879. The van der Waals surface area contributed by atoms with Crippen molar-refractivity contribution in [1.29, 1.82) is 0 Å². The van der Waals surface area contributed by atoms with Gasteiger partial charge in [0.1, 0.15) is 17.3 Å². The average Bonchev–Trinajstić information content (AvgIpc) is 3.57. The minimum Gasteiger partial charge on any atom is -0.492 e. The molecule has 0 unspecified atom stereocenters. The Labute approximate surface area is 226 Å². The summed E-state index contributed by atoms with van der Waals surface area (Å²) in [4.78, 5) is 30.1. The van der Waals surface area contributed by atoms with E-state index in [1.165, 1.54) is 12.8 Å². The third kappa shape index (κ3) is 4.32. The number of hydrogen-bond acceptors (Lipinski definition) is 7. The molecule has 1 aromatic carbocycles. The lowest BCUT2D eigenvalue weighted by Crippen LogP contribution is -2.23. The highest BCUT2D eigenvalue weighted by molar-refractivity contribution is 6.04. The Morgan fingerprint density at radius 2 is 1.82 bits per heavy atom. The van der Waals surface area contributed by atoms with E-state index in [2.05, 4.69) is 20.9 Å². The van der Waals surface area contributed by atoms with Crippen LogP contribution in [0.1, 0.15) is 31.2 Å². The quantitative estimate of drug-likeness (QED) is 0.303. The molecule has 4 aromatic heterocycles. The summed E-state index contributed by atoms with van der Waals surface area (Å²) in [6.07, 6.45) is 5.96. The van der Waals surface area contributed by atoms with E-state index in [9.17, 15) is 4.79 Å². The van der Waals surface area contributed by atoms with Crippen molar-refractivity contribution < 1.29 is 9.47 Å². The van der Waals surface area contributed by atoms with Gasteiger partial charge >= 0.3 is 5.69 Å². The predicted molar refractivity (Wildman–Crippen MR) is 153 cm³/mol. The number of nitrogens with zero attached hydrogens (tertiary/aromatic N) is 6. The molecule has 0 radical (unpaired) electrons. The monoisotopic (exact) mass is 524 g/mol. The molecule has 1 fully saturated rings. The molecule has 6 rings (SSSR count). The van der Waals surface area contributed by atoms with Crippen LogP contribution in [0.25, 0.3) is 38.8 Å². The van der Waals surface area contributed by atoms with Crippen LogP contribution in [-0.4, -0.2) is 50.9 Å². The number of hydrogen-bond donors (Lipinski definition) is 0. The normalized spacial score (nSPS) is 13.6. The maximum absolute atomic E-state index is 13.6. The molecule has 0 N–H and O–H groups in total. The average molecular weight is 525 g/mol. The molecule has 39 heavy (non-hydrogen) atoms. The van der Waals surface area contributed by atoms with E-state index in [0.717, 1.165) is 69.0 Å². The molecule has 0 amide bonds. The van der Waals surface area contributed by atoms with Gasteiger partial charge in [-0.3, -0.25) is 19.1 Å². The Morgan fingerprint density at radius 3 is 2.56 bits per heavy atom. The van der Waals surface area contributed by atoms with Crippen molar-refractivity contribution in [2.45, 2.75) is 33.3 Å². The first-order chi connectivity index (χ1) is 19.0. The Balaban J connectivity index is 1.54. The van der Waals surface area contributed by atoms with E-state index in [4.69, 9.17) is 14.5 Å². The van der Waals surface area contributed by atoms with Gasteiger partial charge in [-0.05, 0) is 62.6 Å². The lowest BCUT2D eigenvalue weighted by Gasteiger charge is -2.18. The number of aryl methyl sites for hydroxylation is 2. The van der Waals surface area contributed by atoms with Gasteiger partial charge in [0.25, 0.3) is 0 Å². The second-order valence-electron chi connectivity index (χ2n) is 9.90. The van der Waals surface area contributed by atoms with Gasteiger partial charge in [0, 0.05) is 44.4 Å². The van der Waals surface area contributed by atoms with E-state index in [1.54, 1.807) is 29.5 Å². The molecule has 1 aliphatic heterocycles. The highest BCUT2D eigenvalue weighted by atomic mass is 16.5. The molecule has 5 aromatic rings. The highest BCUT2D eigenvalue weighted by Gasteiger charge is 2.20. The molecule has 200 valence electrons. The van der Waals surface area contributed by atoms with Crippen LogP contribution in [0.2, 0.25) is 0 Å². The third-order valence-corrected chi connectivity index (χ3v) is 7.44. The molecule has 9 heteroatoms. The van der Waals surface area contributed by atoms with E-state index in [0.29, 0.717) is 19.0 Å². The van der Waals surface area contributed by atoms with E-state index in [-0.39, 0.29) is 5.69 Å². The Morgan fingerprint density at radius 1 is 1.00 bits per heavy atom. The number of ether oxygens (including phenoxy) is 2. The molecule has 0 saturated carbocycles. The number of pyridine rings is 3. The summed E-state index contributed by atoms with van der Waals surface area (Å²) >= 11 is 0. The van der Waals surface area contributed by atoms with Crippen LogP contribution in [0.3, 0.4) is 0 Å². The van der Waals surface area contributed by atoms with Gasteiger partial charge < -0.3 is 14.4 Å². The van der Waals surface area contributed by atoms with Gasteiger partial charge in [-0.15, -0.1) is 0 Å². The van der Waals surface area contributed by atoms with Crippen LogP contribution >= 0.6 is 0 Å². The van der Waals surface area contributed by atoms with Crippen LogP contribution in [0.4, 0.5) is 5.82 Å². The van der Waals surface area contributed by atoms with Crippen molar-refractivity contribution in [1.82, 2.24) is 24.1 Å². The van der Waals surface area contributed by atoms with Gasteiger partial charge in [-0.2, -0.15) is 0 Å². The minimum absolute atomic E-state index is 0.132. The first-order valence-electron chi connectivity index (χ1n) is 13.3.